The van der Waals surface area contributed by atoms with Crippen molar-refractivity contribution in [1.82, 2.24) is 10.2 Å². The van der Waals surface area contributed by atoms with Crippen LogP contribution in [0.3, 0.4) is 0 Å². The molecule has 20 heavy (non-hydrogen) atoms. The number of hydrogen-bond acceptors (Lipinski definition) is 3. The molecule has 0 aliphatic carbocycles. The molecule has 1 aromatic rings. The number of carbonyl (C=O) groups excluding carboxylic acids is 1. The first-order valence-corrected chi connectivity index (χ1v) is 8.35. The lowest BCUT2D eigenvalue weighted by molar-refractivity contribution is -0.134. The summed E-state index contributed by atoms with van der Waals surface area (Å²) in [6, 6.07) is 8.18. The second-order valence-electron chi connectivity index (χ2n) is 5.84. The quantitative estimate of drug-likeness (QED) is 0.861. The molecule has 1 N–H and O–H groups in total. The van der Waals surface area contributed by atoms with Crippen molar-refractivity contribution in [1.29, 1.82) is 0 Å². The van der Waals surface area contributed by atoms with Crippen LogP contribution in [-0.4, -0.2) is 40.9 Å². The van der Waals surface area contributed by atoms with Gasteiger partial charge in [-0.1, -0.05) is 38.1 Å². The summed E-state index contributed by atoms with van der Waals surface area (Å²) in [4.78, 5) is 14.9. The third-order valence-electron chi connectivity index (χ3n) is 4.09. The Kier molecular flexibility index (Phi) is 4.03. The van der Waals surface area contributed by atoms with Gasteiger partial charge in [-0.2, -0.15) is 11.8 Å². The molecule has 3 atom stereocenters. The van der Waals surface area contributed by atoms with E-state index in [4.69, 9.17) is 0 Å². The number of rotatable bonds is 1. The molecule has 108 valence electrons. The molecule has 1 saturated heterocycles. The Bertz CT molecular complexity index is 495. The summed E-state index contributed by atoms with van der Waals surface area (Å²) in [7, 11) is 0. The zero-order valence-corrected chi connectivity index (χ0v) is 13.0. The summed E-state index contributed by atoms with van der Waals surface area (Å²) < 4.78 is 0. The van der Waals surface area contributed by atoms with E-state index in [9.17, 15) is 4.79 Å². The summed E-state index contributed by atoms with van der Waals surface area (Å²) in [5.41, 5.74) is 2.49. The molecule has 2 heterocycles. The molecular weight excluding hydrogens is 268 g/mol. The second kappa shape index (κ2) is 5.78. The fourth-order valence-corrected chi connectivity index (χ4v) is 4.59. The Balaban J connectivity index is 1.81. The SMILES string of the molecule is CC1CN(C(=O)C2NCCc3ccccc32)CC(C)S1. The number of fused-ring (bicyclic) bond motifs is 1. The molecule has 4 heteroatoms. The topological polar surface area (TPSA) is 32.3 Å². The van der Waals surface area contributed by atoms with Crippen molar-refractivity contribution in [2.45, 2.75) is 36.8 Å². The summed E-state index contributed by atoms with van der Waals surface area (Å²) in [5, 5.41) is 4.46. The monoisotopic (exact) mass is 290 g/mol. The largest absolute Gasteiger partial charge is 0.339 e. The average Bonchev–Trinajstić information content (AvgIpc) is 2.45. The van der Waals surface area contributed by atoms with Gasteiger partial charge in [0.15, 0.2) is 0 Å². The molecule has 0 radical (unpaired) electrons. The van der Waals surface area contributed by atoms with Gasteiger partial charge in [-0.05, 0) is 17.5 Å². The van der Waals surface area contributed by atoms with Crippen LogP contribution in [0.25, 0.3) is 0 Å². The van der Waals surface area contributed by atoms with E-state index in [0.29, 0.717) is 10.5 Å². The van der Waals surface area contributed by atoms with Crippen molar-refractivity contribution in [3.05, 3.63) is 35.4 Å². The van der Waals surface area contributed by atoms with E-state index in [1.807, 2.05) is 22.7 Å². The number of amides is 1. The summed E-state index contributed by atoms with van der Waals surface area (Å²) in [6.07, 6.45) is 1.02. The second-order valence-corrected chi connectivity index (χ2v) is 7.72. The molecule has 3 unspecified atom stereocenters. The van der Waals surface area contributed by atoms with Gasteiger partial charge in [0.05, 0.1) is 0 Å². The van der Waals surface area contributed by atoms with Crippen LogP contribution in [-0.2, 0) is 11.2 Å². The van der Waals surface area contributed by atoms with Gasteiger partial charge in [0.2, 0.25) is 5.91 Å². The van der Waals surface area contributed by atoms with Crippen LogP contribution in [0.1, 0.15) is 31.0 Å². The zero-order chi connectivity index (χ0) is 14.1. The normalized spacial score (nSPS) is 29.9. The van der Waals surface area contributed by atoms with E-state index >= 15 is 0 Å². The van der Waals surface area contributed by atoms with Crippen LogP contribution < -0.4 is 5.32 Å². The van der Waals surface area contributed by atoms with Gasteiger partial charge in [0.25, 0.3) is 0 Å². The Morgan fingerprint density at radius 1 is 1.25 bits per heavy atom. The molecule has 2 aliphatic heterocycles. The first kappa shape index (κ1) is 14.0. The molecular formula is C16H22N2OS. The van der Waals surface area contributed by atoms with Gasteiger partial charge < -0.3 is 10.2 Å². The number of hydrogen-bond donors (Lipinski definition) is 1. The van der Waals surface area contributed by atoms with Crippen molar-refractivity contribution < 1.29 is 4.79 Å². The summed E-state index contributed by atoms with van der Waals surface area (Å²) in [6.45, 7) is 7.05. The van der Waals surface area contributed by atoms with Crippen molar-refractivity contribution in [3.63, 3.8) is 0 Å². The highest BCUT2D eigenvalue weighted by molar-refractivity contribution is 8.00. The predicted octanol–water partition coefficient (Wildman–Crippen LogP) is 2.23. The van der Waals surface area contributed by atoms with Crippen LogP contribution in [0, 0.1) is 0 Å². The first-order valence-electron chi connectivity index (χ1n) is 7.40. The van der Waals surface area contributed by atoms with Gasteiger partial charge >= 0.3 is 0 Å². The zero-order valence-electron chi connectivity index (χ0n) is 12.1. The lowest BCUT2D eigenvalue weighted by Crippen LogP contribution is -2.49. The molecule has 0 aromatic heterocycles. The fourth-order valence-electron chi connectivity index (χ4n) is 3.27. The minimum absolute atomic E-state index is 0.151. The molecule has 0 saturated carbocycles. The third kappa shape index (κ3) is 2.72. The third-order valence-corrected chi connectivity index (χ3v) is 5.31. The molecule has 1 amide bonds. The number of nitrogens with zero attached hydrogens (tertiary/aromatic N) is 1. The van der Waals surface area contributed by atoms with Crippen molar-refractivity contribution >= 4 is 17.7 Å². The van der Waals surface area contributed by atoms with Crippen LogP contribution in [0.5, 0.6) is 0 Å². The van der Waals surface area contributed by atoms with Gasteiger partial charge in [-0.25, -0.2) is 0 Å². The van der Waals surface area contributed by atoms with E-state index in [1.165, 1.54) is 11.1 Å². The van der Waals surface area contributed by atoms with Gasteiger partial charge in [0.1, 0.15) is 6.04 Å². The van der Waals surface area contributed by atoms with E-state index in [0.717, 1.165) is 26.1 Å². The minimum Gasteiger partial charge on any atom is -0.339 e. The number of thioether (sulfide) groups is 1. The van der Waals surface area contributed by atoms with Crippen LogP contribution >= 0.6 is 11.8 Å². The summed E-state index contributed by atoms with van der Waals surface area (Å²) in [5.74, 6) is 0.246. The highest BCUT2D eigenvalue weighted by atomic mass is 32.2. The molecule has 3 nitrogen and oxygen atoms in total. The lowest BCUT2D eigenvalue weighted by atomic mass is 9.93. The van der Waals surface area contributed by atoms with E-state index in [1.54, 1.807) is 0 Å². The highest BCUT2D eigenvalue weighted by Gasteiger charge is 2.33. The fraction of sp³-hybridized carbons (Fsp3) is 0.562. The van der Waals surface area contributed by atoms with E-state index in [-0.39, 0.29) is 11.9 Å². The van der Waals surface area contributed by atoms with E-state index in [2.05, 4.69) is 37.4 Å². The van der Waals surface area contributed by atoms with Gasteiger partial charge in [0, 0.05) is 30.1 Å². The van der Waals surface area contributed by atoms with Gasteiger partial charge in [-0.3, -0.25) is 4.79 Å². The molecule has 1 fully saturated rings. The Morgan fingerprint density at radius 3 is 2.70 bits per heavy atom. The van der Waals surface area contributed by atoms with Crippen LogP contribution in [0.4, 0.5) is 0 Å². The standard InChI is InChI=1S/C16H22N2OS/c1-11-9-18(10-12(2)20-11)16(19)15-14-6-4-3-5-13(14)7-8-17-15/h3-6,11-12,15,17H,7-10H2,1-2H3. The Labute approximate surface area is 125 Å². The smallest absolute Gasteiger partial charge is 0.244 e. The maximum Gasteiger partial charge on any atom is 0.244 e. The van der Waals surface area contributed by atoms with E-state index < -0.39 is 0 Å². The lowest BCUT2D eigenvalue weighted by Gasteiger charge is -2.38. The predicted molar refractivity (Wildman–Crippen MR) is 84.0 cm³/mol. The molecule has 0 bridgehead atoms. The molecule has 3 rings (SSSR count). The van der Waals surface area contributed by atoms with Crippen molar-refractivity contribution in [2.24, 2.45) is 0 Å². The Hall–Kier alpha value is -1.00. The first-order chi connectivity index (χ1) is 9.65. The molecule has 2 aliphatic rings. The van der Waals surface area contributed by atoms with Crippen molar-refractivity contribution in [3.8, 4) is 0 Å². The number of carbonyl (C=O) groups is 1. The average molecular weight is 290 g/mol. The summed E-state index contributed by atoms with van der Waals surface area (Å²) >= 11 is 1.98. The maximum atomic E-state index is 12.9. The maximum absolute atomic E-state index is 12.9. The van der Waals surface area contributed by atoms with Crippen LogP contribution in [0.15, 0.2) is 24.3 Å². The van der Waals surface area contributed by atoms with Crippen LogP contribution in [0.2, 0.25) is 0 Å². The molecule has 1 aromatic carbocycles. The number of benzene rings is 1. The minimum atomic E-state index is -0.151. The number of nitrogens with one attached hydrogen (secondary N) is 1. The van der Waals surface area contributed by atoms with Gasteiger partial charge in [-0.15, -0.1) is 0 Å². The Morgan fingerprint density at radius 2 is 1.95 bits per heavy atom. The highest BCUT2D eigenvalue weighted by Crippen LogP contribution is 2.29. The molecule has 0 spiro atoms. The van der Waals surface area contributed by atoms with Crippen molar-refractivity contribution in [2.75, 3.05) is 19.6 Å².